The number of imidazole rings is 1. The Balaban J connectivity index is 1.64. The van der Waals surface area contributed by atoms with Crippen LogP contribution in [0.2, 0.25) is 5.02 Å². The second kappa shape index (κ2) is 8.45. The van der Waals surface area contributed by atoms with Gasteiger partial charge in [-0.25, -0.2) is 9.97 Å². The summed E-state index contributed by atoms with van der Waals surface area (Å²) in [5.41, 5.74) is 1.49. The van der Waals surface area contributed by atoms with Gasteiger partial charge in [0.15, 0.2) is 5.13 Å². The predicted molar refractivity (Wildman–Crippen MR) is 128 cm³/mol. The number of halogens is 1. The summed E-state index contributed by atoms with van der Waals surface area (Å²) in [6, 6.07) is 18.7. The first kappa shape index (κ1) is 20.8. The number of nitrogens with zero attached hydrogens (tertiary/aromatic N) is 5. The van der Waals surface area contributed by atoms with E-state index < -0.39 is 10.8 Å². The lowest BCUT2D eigenvalue weighted by Gasteiger charge is -2.20. The van der Waals surface area contributed by atoms with E-state index in [0.29, 0.717) is 21.5 Å². The van der Waals surface area contributed by atoms with Crippen molar-refractivity contribution in [3.63, 3.8) is 0 Å². The average molecular weight is 476 g/mol. The highest BCUT2D eigenvalue weighted by Gasteiger charge is 2.26. The molecule has 0 saturated carbocycles. The number of carbonyl (C=O) groups excluding carboxylic acids is 1. The third-order valence-electron chi connectivity index (χ3n) is 4.95. The molecule has 0 saturated heterocycles. The van der Waals surface area contributed by atoms with Crippen molar-refractivity contribution in [3.8, 4) is 5.69 Å². The Morgan fingerprint density at radius 3 is 2.67 bits per heavy atom. The number of thiazole rings is 1. The summed E-state index contributed by atoms with van der Waals surface area (Å²) in [5.74, 6) is -0.461. The van der Waals surface area contributed by atoms with Gasteiger partial charge in [0.2, 0.25) is 0 Å². The summed E-state index contributed by atoms with van der Waals surface area (Å²) in [6.45, 7) is 0. The lowest BCUT2D eigenvalue weighted by atomic mass is 10.1. The zero-order valence-electron chi connectivity index (χ0n) is 16.8. The van der Waals surface area contributed by atoms with Gasteiger partial charge in [-0.15, -0.1) is 0 Å². The number of para-hydroxylation sites is 1. The molecule has 1 amide bonds. The highest BCUT2D eigenvalue weighted by molar-refractivity contribution is 7.22. The summed E-state index contributed by atoms with van der Waals surface area (Å²) in [6.07, 6.45) is 4.59. The van der Waals surface area contributed by atoms with Crippen LogP contribution in [0.1, 0.15) is 10.4 Å². The van der Waals surface area contributed by atoms with Gasteiger partial charge in [0.25, 0.3) is 11.6 Å². The van der Waals surface area contributed by atoms with Crippen LogP contribution in [-0.2, 0) is 0 Å². The van der Waals surface area contributed by atoms with Crippen molar-refractivity contribution in [2.24, 2.45) is 0 Å². The lowest BCUT2D eigenvalue weighted by molar-refractivity contribution is -0.384. The maximum absolute atomic E-state index is 13.7. The minimum absolute atomic E-state index is 0.143. The van der Waals surface area contributed by atoms with Gasteiger partial charge in [-0.05, 0) is 42.5 Å². The van der Waals surface area contributed by atoms with Crippen molar-refractivity contribution in [1.82, 2.24) is 14.5 Å². The maximum Gasteiger partial charge on any atom is 0.294 e. The topological polar surface area (TPSA) is 94.2 Å². The van der Waals surface area contributed by atoms with Gasteiger partial charge in [-0.1, -0.05) is 41.1 Å². The van der Waals surface area contributed by atoms with Crippen LogP contribution in [0.15, 0.2) is 85.5 Å². The highest BCUT2D eigenvalue weighted by atomic mass is 35.5. The molecule has 0 aliphatic rings. The predicted octanol–water partition coefficient (Wildman–Crippen LogP) is 6.02. The minimum atomic E-state index is -0.520. The second-order valence-corrected chi connectivity index (χ2v) is 8.46. The number of rotatable bonds is 5. The Hall–Kier alpha value is -4.08. The summed E-state index contributed by atoms with van der Waals surface area (Å²) in [7, 11) is 0. The molecule has 3 aromatic carbocycles. The number of aromatic nitrogens is 3. The second-order valence-electron chi connectivity index (χ2n) is 7.02. The molecule has 0 aliphatic carbocycles. The number of hydrogen-bond acceptors (Lipinski definition) is 6. The smallest absolute Gasteiger partial charge is 0.294 e. The molecule has 0 radical (unpaired) electrons. The maximum atomic E-state index is 13.7. The fourth-order valence-corrected chi connectivity index (χ4v) is 4.61. The Bertz CT molecular complexity index is 1470. The van der Waals surface area contributed by atoms with E-state index in [2.05, 4.69) is 9.97 Å². The fraction of sp³-hybridized carbons (Fsp3) is 0. The third kappa shape index (κ3) is 3.95. The molecule has 0 bridgehead atoms. The van der Waals surface area contributed by atoms with Crippen LogP contribution in [0.5, 0.6) is 0 Å². The molecule has 2 heterocycles. The Morgan fingerprint density at radius 2 is 1.94 bits per heavy atom. The molecule has 0 spiro atoms. The van der Waals surface area contributed by atoms with E-state index in [1.165, 1.54) is 45.5 Å². The molecule has 33 heavy (non-hydrogen) atoms. The molecule has 0 N–H and O–H groups in total. The van der Waals surface area contributed by atoms with Gasteiger partial charge < -0.3 is 4.57 Å². The molecule has 0 unspecified atom stereocenters. The van der Waals surface area contributed by atoms with Gasteiger partial charge in [0.1, 0.15) is 5.69 Å². The molecule has 0 atom stereocenters. The molecular formula is C23H14ClN5O3S. The van der Waals surface area contributed by atoms with Gasteiger partial charge >= 0.3 is 0 Å². The van der Waals surface area contributed by atoms with Crippen LogP contribution in [0.4, 0.5) is 16.5 Å². The fourth-order valence-electron chi connectivity index (χ4n) is 3.44. The molecule has 0 fully saturated rings. The first-order valence-corrected chi connectivity index (χ1v) is 10.9. The van der Waals surface area contributed by atoms with Crippen LogP contribution < -0.4 is 4.90 Å². The molecule has 0 aliphatic heterocycles. The van der Waals surface area contributed by atoms with E-state index in [0.717, 1.165) is 10.2 Å². The van der Waals surface area contributed by atoms with E-state index in [-0.39, 0.29) is 11.3 Å². The van der Waals surface area contributed by atoms with E-state index in [4.69, 9.17) is 11.6 Å². The largest absolute Gasteiger partial charge is 0.300 e. The number of nitro benzene ring substituents is 1. The standard InChI is InChI=1S/C23H14ClN5O3S/c24-16-4-3-5-17(13-16)28(23-26-18-6-1-2-7-21(18)33-23)22(30)15-8-9-19(20(12-15)29(31)32)27-11-10-25-14-27/h1-14H. The number of benzene rings is 3. The van der Waals surface area contributed by atoms with Crippen molar-refractivity contribution in [2.45, 2.75) is 0 Å². The van der Waals surface area contributed by atoms with Crippen molar-refractivity contribution >= 4 is 55.6 Å². The summed E-state index contributed by atoms with van der Waals surface area (Å²) in [5, 5.41) is 12.7. The van der Waals surface area contributed by atoms with E-state index >= 15 is 0 Å². The zero-order valence-corrected chi connectivity index (χ0v) is 18.4. The van der Waals surface area contributed by atoms with Crippen LogP contribution in [0, 0.1) is 10.1 Å². The van der Waals surface area contributed by atoms with Gasteiger partial charge in [-0.2, -0.15) is 0 Å². The molecule has 8 nitrogen and oxygen atoms in total. The first-order chi connectivity index (χ1) is 16.0. The number of hydrogen-bond donors (Lipinski definition) is 0. The monoisotopic (exact) mass is 475 g/mol. The van der Waals surface area contributed by atoms with Crippen molar-refractivity contribution in [3.05, 3.63) is 106 Å². The zero-order chi connectivity index (χ0) is 22.9. The van der Waals surface area contributed by atoms with E-state index in [9.17, 15) is 14.9 Å². The number of fused-ring (bicyclic) bond motifs is 1. The third-order valence-corrected chi connectivity index (χ3v) is 6.20. The Morgan fingerprint density at radius 1 is 1.09 bits per heavy atom. The SMILES string of the molecule is O=C(c1ccc(-n2ccnc2)c([N+](=O)[O-])c1)N(c1cccc(Cl)c1)c1nc2ccccc2s1. The Labute approximate surface area is 196 Å². The normalized spacial score (nSPS) is 10.9. The molecule has 162 valence electrons. The van der Waals surface area contributed by atoms with Gasteiger partial charge in [-0.3, -0.25) is 19.8 Å². The van der Waals surface area contributed by atoms with Crippen LogP contribution in [0.3, 0.4) is 0 Å². The summed E-state index contributed by atoms with van der Waals surface area (Å²) < 4.78 is 2.43. The van der Waals surface area contributed by atoms with E-state index in [1.54, 1.807) is 36.5 Å². The van der Waals surface area contributed by atoms with Crippen LogP contribution in [0.25, 0.3) is 15.9 Å². The molecule has 10 heteroatoms. The van der Waals surface area contributed by atoms with Crippen molar-refractivity contribution < 1.29 is 9.72 Å². The lowest BCUT2D eigenvalue weighted by Crippen LogP contribution is -2.26. The number of amides is 1. The number of nitro groups is 1. The quantitative estimate of drug-likeness (QED) is 0.229. The molecule has 2 aromatic heterocycles. The molecule has 5 rings (SSSR count). The molecular weight excluding hydrogens is 462 g/mol. The summed E-state index contributed by atoms with van der Waals surface area (Å²) >= 11 is 7.54. The number of carbonyl (C=O) groups is 1. The van der Waals surface area contributed by atoms with E-state index in [1.807, 2.05) is 24.3 Å². The highest BCUT2D eigenvalue weighted by Crippen LogP contribution is 2.36. The van der Waals surface area contributed by atoms with Crippen molar-refractivity contribution in [1.29, 1.82) is 0 Å². The number of anilines is 2. The first-order valence-electron chi connectivity index (χ1n) is 9.73. The average Bonchev–Trinajstić information content (AvgIpc) is 3.49. The van der Waals surface area contributed by atoms with Gasteiger partial charge in [0, 0.05) is 29.0 Å². The molecule has 5 aromatic rings. The van der Waals surface area contributed by atoms with Crippen LogP contribution >= 0.6 is 22.9 Å². The van der Waals surface area contributed by atoms with Gasteiger partial charge in [0.05, 0.1) is 27.2 Å². The Kier molecular flexibility index (Phi) is 5.33. The van der Waals surface area contributed by atoms with Crippen LogP contribution in [-0.4, -0.2) is 25.4 Å². The van der Waals surface area contributed by atoms with Crippen molar-refractivity contribution in [2.75, 3.05) is 4.90 Å². The summed E-state index contributed by atoms with van der Waals surface area (Å²) in [4.78, 5) is 35.0. The minimum Gasteiger partial charge on any atom is -0.300 e.